The van der Waals surface area contributed by atoms with Gasteiger partial charge in [-0.05, 0) is 31.8 Å². The van der Waals surface area contributed by atoms with Crippen LogP contribution in [0.15, 0.2) is 0 Å². The van der Waals surface area contributed by atoms with Crippen LogP contribution in [-0.4, -0.2) is 42.4 Å². The van der Waals surface area contributed by atoms with Crippen LogP contribution < -0.4 is 0 Å². The maximum atomic E-state index is 11.2. The summed E-state index contributed by atoms with van der Waals surface area (Å²) in [5, 5.41) is 0. The van der Waals surface area contributed by atoms with Crippen LogP contribution in [0.3, 0.4) is 0 Å². The quantitative estimate of drug-likeness (QED) is 0.573. The third-order valence-electron chi connectivity index (χ3n) is 2.75. The molecule has 0 amide bonds. The molecule has 0 saturated carbocycles. The molecule has 1 saturated heterocycles. The van der Waals surface area contributed by atoms with Crippen LogP contribution in [0, 0.1) is 5.92 Å². The first kappa shape index (κ1) is 12.0. The van der Waals surface area contributed by atoms with Crippen molar-refractivity contribution in [1.29, 1.82) is 0 Å². The first-order valence-electron chi connectivity index (χ1n) is 5.07. The predicted molar refractivity (Wildman–Crippen MR) is 59.6 cm³/mol. The topological polar surface area (TPSA) is 29.5 Å². The van der Waals surface area contributed by atoms with Crippen molar-refractivity contribution >= 4 is 21.9 Å². The zero-order valence-corrected chi connectivity index (χ0v) is 10.4. The molecule has 0 N–H and O–H groups in total. The Labute approximate surface area is 93.9 Å². The Bertz CT molecular complexity index is 191. The second kappa shape index (κ2) is 5.71. The van der Waals surface area contributed by atoms with Crippen molar-refractivity contribution in [3.05, 3.63) is 0 Å². The number of esters is 1. The first-order valence-corrected chi connectivity index (χ1v) is 5.99. The van der Waals surface area contributed by atoms with Crippen LogP contribution in [0.4, 0.5) is 0 Å². The van der Waals surface area contributed by atoms with Crippen molar-refractivity contribution in [1.82, 2.24) is 4.90 Å². The van der Waals surface area contributed by atoms with Gasteiger partial charge in [0, 0.05) is 6.54 Å². The van der Waals surface area contributed by atoms with E-state index in [4.69, 9.17) is 0 Å². The van der Waals surface area contributed by atoms with E-state index in [0.717, 1.165) is 25.6 Å². The molecule has 3 nitrogen and oxygen atoms in total. The molecule has 14 heavy (non-hydrogen) atoms. The van der Waals surface area contributed by atoms with E-state index in [1.54, 1.807) is 0 Å². The minimum absolute atomic E-state index is 0.177. The average molecular weight is 264 g/mol. The molecule has 0 aromatic rings. The number of hydrogen-bond acceptors (Lipinski definition) is 3. The normalized spacial score (nSPS) is 21.9. The number of carbonyl (C=O) groups excluding carboxylic acids is 1. The van der Waals surface area contributed by atoms with E-state index in [0.29, 0.717) is 0 Å². The van der Waals surface area contributed by atoms with Crippen LogP contribution in [-0.2, 0) is 9.53 Å². The van der Waals surface area contributed by atoms with Gasteiger partial charge in [-0.1, -0.05) is 22.9 Å². The maximum absolute atomic E-state index is 11.2. The Morgan fingerprint density at radius 1 is 1.57 bits per heavy atom. The van der Waals surface area contributed by atoms with Gasteiger partial charge in [-0.3, -0.25) is 4.79 Å². The second-order valence-corrected chi connectivity index (χ2v) is 5.08. The number of likely N-dealkylation sites (tertiary alicyclic amines) is 1. The molecule has 4 heteroatoms. The van der Waals surface area contributed by atoms with E-state index in [1.807, 2.05) is 0 Å². The zero-order chi connectivity index (χ0) is 10.6. The molecule has 0 spiro atoms. The van der Waals surface area contributed by atoms with Crippen LogP contribution in [0.25, 0.3) is 0 Å². The average Bonchev–Trinajstić information content (AvgIpc) is 2.20. The van der Waals surface area contributed by atoms with Gasteiger partial charge in [0.25, 0.3) is 0 Å². The molecule has 0 aromatic carbocycles. The maximum Gasteiger partial charge on any atom is 0.320 e. The second-order valence-electron chi connectivity index (χ2n) is 3.97. The SMILES string of the molecule is COC(=O)C(Br)CN1CCC(C)CC1. The number of ether oxygens (including phenoxy) is 1. The molecule has 1 aliphatic heterocycles. The zero-order valence-electron chi connectivity index (χ0n) is 8.83. The molecule has 0 radical (unpaired) electrons. The third-order valence-corrected chi connectivity index (χ3v) is 3.42. The molecule has 1 heterocycles. The standard InChI is InChI=1S/C10H18BrNO2/c1-8-3-5-12(6-4-8)7-9(11)10(13)14-2/h8-9H,3-7H2,1-2H3. The van der Waals surface area contributed by atoms with E-state index in [1.165, 1.54) is 20.0 Å². The van der Waals surface area contributed by atoms with Gasteiger partial charge in [-0.2, -0.15) is 0 Å². The van der Waals surface area contributed by atoms with Gasteiger partial charge in [0.15, 0.2) is 0 Å². The molecule has 1 unspecified atom stereocenters. The number of piperidine rings is 1. The summed E-state index contributed by atoms with van der Waals surface area (Å²) in [5.41, 5.74) is 0. The number of halogens is 1. The van der Waals surface area contributed by atoms with E-state index in [-0.39, 0.29) is 10.8 Å². The number of alkyl halides is 1. The van der Waals surface area contributed by atoms with Crippen LogP contribution in [0.1, 0.15) is 19.8 Å². The lowest BCUT2D eigenvalue weighted by atomic mass is 9.99. The van der Waals surface area contributed by atoms with Gasteiger partial charge < -0.3 is 9.64 Å². The molecule has 0 aliphatic carbocycles. The van der Waals surface area contributed by atoms with Gasteiger partial charge in [-0.25, -0.2) is 0 Å². The summed E-state index contributed by atoms with van der Waals surface area (Å²) in [4.78, 5) is 13.3. The molecule has 1 atom stereocenters. The lowest BCUT2D eigenvalue weighted by Gasteiger charge is -2.30. The van der Waals surface area contributed by atoms with Crippen molar-refractivity contribution in [2.24, 2.45) is 5.92 Å². The molecule has 0 bridgehead atoms. The van der Waals surface area contributed by atoms with Crippen LogP contribution in [0.5, 0.6) is 0 Å². The van der Waals surface area contributed by atoms with Gasteiger partial charge in [0.05, 0.1) is 7.11 Å². The number of nitrogens with zero attached hydrogens (tertiary/aromatic N) is 1. The summed E-state index contributed by atoms with van der Waals surface area (Å²) in [6, 6.07) is 0. The fourth-order valence-electron chi connectivity index (χ4n) is 1.67. The molecule has 82 valence electrons. The fraction of sp³-hybridized carbons (Fsp3) is 0.900. The number of rotatable bonds is 3. The van der Waals surface area contributed by atoms with Crippen molar-refractivity contribution in [2.45, 2.75) is 24.6 Å². The molecular formula is C10H18BrNO2. The number of carbonyl (C=O) groups is 1. The lowest BCUT2D eigenvalue weighted by molar-refractivity contribution is -0.140. The highest BCUT2D eigenvalue weighted by Gasteiger charge is 2.22. The summed E-state index contributed by atoms with van der Waals surface area (Å²) < 4.78 is 4.66. The van der Waals surface area contributed by atoms with Gasteiger partial charge in [-0.15, -0.1) is 0 Å². The summed E-state index contributed by atoms with van der Waals surface area (Å²) in [6.45, 7) is 5.24. The molecule has 1 rings (SSSR count). The monoisotopic (exact) mass is 263 g/mol. The van der Waals surface area contributed by atoms with Crippen molar-refractivity contribution in [3.8, 4) is 0 Å². The van der Waals surface area contributed by atoms with E-state index >= 15 is 0 Å². The van der Waals surface area contributed by atoms with Crippen LogP contribution in [0.2, 0.25) is 0 Å². The lowest BCUT2D eigenvalue weighted by Crippen LogP contribution is -2.39. The Morgan fingerprint density at radius 2 is 2.14 bits per heavy atom. The predicted octanol–water partition coefficient (Wildman–Crippen LogP) is 1.65. The Hall–Kier alpha value is -0.0900. The van der Waals surface area contributed by atoms with Crippen LogP contribution >= 0.6 is 15.9 Å². The molecular weight excluding hydrogens is 246 g/mol. The van der Waals surface area contributed by atoms with Gasteiger partial charge in [0.2, 0.25) is 0 Å². The highest BCUT2D eigenvalue weighted by molar-refractivity contribution is 9.10. The Balaban J connectivity index is 2.27. The van der Waals surface area contributed by atoms with E-state index in [9.17, 15) is 4.79 Å². The van der Waals surface area contributed by atoms with Crippen molar-refractivity contribution in [2.75, 3.05) is 26.7 Å². The minimum atomic E-state index is -0.180. The highest BCUT2D eigenvalue weighted by Crippen LogP contribution is 2.17. The van der Waals surface area contributed by atoms with E-state index in [2.05, 4.69) is 32.5 Å². The van der Waals surface area contributed by atoms with Crippen molar-refractivity contribution in [3.63, 3.8) is 0 Å². The third kappa shape index (κ3) is 3.58. The summed E-state index contributed by atoms with van der Waals surface area (Å²) in [6.07, 6.45) is 2.47. The summed E-state index contributed by atoms with van der Waals surface area (Å²) in [7, 11) is 1.43. The smallest absolute Gasteiger partial charge is 0.320 e. The fourth-order valence-corrected chi connectivity index (χ4v) is 2.27. The summed E-state index contributed by atoms with van der Waals surface area (Å²) >= 11 is 3.34. The molecule has 1 fully saturated rings. The first-order chi connectivity index (χ1) is 6.63. The van der Waals surface area contributed by atoms with Crippen molar-refractivity contribution < 1.29 is 9.53 Å². The highest BCUT2D eigenvalue weighted by atomic mass is 79.9. The Morgan fingerprint density at radius 3 is 2.64 bits per heavy atom. The van der Waals surface area contributed by atoms with Gasteiger partial charge >= 0.3 is 5.97 Å². The largest absolute Gasteiger partial charge is 0.468 e. The molecule has 0 aromatic heterocycles. The number of methoxy groups -OCH3 is 1. The summed E-state index contributed by atoms with van der Waals surface area (Å²) in [5.74, 6) is 0.654. The number of hydrogen-bond donors (Lipinski definition) is 0. The minimum Gasteiger partial charge on any atom is -0.468 e. The Kier molecular flexibility index (Phi) is 4.89. The van der Waals surface area contributed by atoms with E-state index < -0.39 is 0 Å². The van der Waals surface area contributed by atoms with Gasteiger partial charge in [0.1, 0.15) is 4.83 Å². The molecule has 1 aliphatic rings.